The topological polar surface area (TPSA) is 60.9 Å². The van der Waals surface area contributed by atoms with Gasteiger partial charge in [-0.05, 0) is 34.6 Å². The van der Waals surface area contributed by atoms with Crippen molar-refractivity contribution in [3.63, 3.8) is 0 Å². The molecule has 2 aromatic rings. The Hall–Kier alpha value is -1.20. The number of nitrogens with two attached hydrogens (primary N) is 1. The first-order chi connectivity index (χ1) is 7.65. The van der Waals surface area contributed by atoms with Gasteiger partial charge in [-0.15, -0.1) is 0 Å². The van der Waals surface area contributed by atoms with Crippen LogP contribution in [0.1, 0.15) is 16.8 Å². The van der Waals surface area contributed by atoms with Gasteiger partial charge >= 0.3 is 0 Å². The van der Waals surface area contributed by atoms with Gasteiger partial charge in [0, 0.05) is 24.4 Å². The molecule has 0 fully saturated rings. The molecule has 0 bridgehead atoms. The van der Waals surface area contributed by atoms with Crippen molar-refractivity contribution in [2.24, 2.45) is 12.8 Å². The molecule has 84 valence electrons. The smallest absolute Gasteiger partial charge is 0.166 e. The third-order valence-corrected chi connectivity index (χ3v) is 3.08. The van der Waals surface area contributed by atoms with Crippen molar-refractivity contribution in [2.75, 3.05) is 6.54 Å². The second-order valence-corrected chi connectivity index (χ2v) is 4.33. The molecule has 4 nitrogen and oxygen atoms in total. The Morgan fingerprint density at radius 3 is 3.00 bits per heavy atom. The van der Waals surface area contributed by atoms with Crippen molar-refractivity contribution in [1.82, 2.24) is 9.78 Å². The monoisotopic (exact) mass is 281 g/mol. The number of halogens is 1. The summed E-state index contributed by atoms with van der Waals surface area (Å²) >= 11 is 3.37. The number of carbonyl (C=O) groups excluding carboxylic acids is 1. The van der Waals surface area contributed by atoms with Crippen LogP contribution in [0.5, 0.6) is 0 Å². The number of fused-ring (bicyclic) bond motifs is 1. The fourth-order valence-corrected chi connectivity index (χ4v) is 2.34. The average Bonchev–Trinajstić information content (AvgIpc) is 2.55. The molecule has 16 heavy (non-hydrogen) atoms. The van der Waals surface area contributed by atoms with Crippen LogP contribution in [0.25, 0.3) is 10.9 Å². The fraction of sp³-hybridized carbons (Fsp3) is 0.273. The number of ketones is 1. The van der Waals surface area contributed by atoms with Gasteiger partial charge in [-0.25, -0.2) is 0 Å². The van der Waals surface area contributed by atoms with Crippen molar-refractivity contribution in [1.29, 1.82) is 0 Å². The van der Waals surface area contributed by atoms with Gasteiger partial charge in [-0.1, -0.05) is 6.07 Å². The van der Waals surface area contributed by atoms with Crippen molar-refractivity contribution < 1.29 is 4.79 Å². The Kier molecular flexibility index (Phi) is 3.07. The molecule has 0 aliphatic carbocycles. The van der Waals surface area contributed by atoms with E-state index in [4.69, 9.17) is 5.73 Å². The highest BCUT2D eigenvalue weighted by Crippen LogP contribution is 2.26. The summed E-state index contributed by atoms with van der Waals surface area (Å²) < 4.78 is 2.47. The lowest BCUT2D eigenvalue weighted by Gasteiger charge is -2.03. The van der Waals surface area contributed by atoms with E-state index in [0.29, 0.717) is 18.5 Å². The van der Waals surface area contributed by atoms with Gasteiger partial charge in [0.1, 0.15) is 4.60 Å². The summed E-state index contributed by atoms with van der Waals surface area (Å²) in [4.78, 5) is 11.9. The molecule has 1 aromatic carbocycles. The van der Waals surface area contributed by atoms with Crippen LogP contribution in [0.15, 0.2) is 22.8 Å². The summed E-state index contributed by atoms with van der Waals surface area (Å²) in [5.74, 6) is 0.0589. The minimum atomic E-state index is 0.0589. The normalized spacial score (nSPS) is 10.9. The largest absolute Gasteiger partial charge is 0.330 e. The lowest BCUT2D eigenvalue weighted by molar-refractivity contribution is 0.0986. The van der Waals surface area contributed by atoms with Crippen LogP contribution < -0.4 is 5.73 Å². The molecule has 2 rings (SSSR count). The molecule has 0 aliphatic heterocycles. The van der Waals surface area contributed by atoms with Crippen LogP contribution >= 0.6 is 15.9 Å². The summed E-state index contributed by atoms with van der Waals surface area (Å²) in [6.45, 7) is 0.369. The van der Waals surface area contributed by atoms with Gasteiger partial charge in [0.2, 0.25) is 0 Å². The summed E-state index contributed by atoms with van der Waals surface area (Å²) in [5.41, 5.74) is 6.94. The minimum absolute atomic E-state index is 0.0589. The zero-order valence-corrected chi connectivity index (χ0v) is 10.5. The molecular weight excluding hydrogens is 270 g/mol. The molecule has 0 radical (unpaired) electrons. The lowest BCUT2D eigenvalue weighted by atomic mass is 10.1. The highest BCUT2D eigenvalue weighted by atomic mass is 79.9. The third-order valence-electron chi connectivity index (χ3n) is 2.49. The van der Waals surface area contributed by atoms with Crippen LogP contribution in [-0.4, -0.2) is 22.1 Å². The first kappa shape index (κ1) is 11.3. The SMILES string of the molecule is Cn1nc(Br)c2cccc(C(=O)CCN)c21. The van der Waals surface area contributed by atoms with E-state index < -0.39 is 0 Å². The number of nitrogens with zero attached hydrogens (tertiary/aromatic N) is 2. The Labute approximate surface area is 102 Å². The molecule has 1 aromatic heterocycles. The number of para-hydroxylation sites is 1. The van der Waals surface area contributed by atoms with E-state index in [1.165, 1.54) is 0 Å². The summed E-state index contributed by atoms with van der Waals surface area (Å²) in [6, 6.07) is 5.61. The van der Waals surface area contributed by atoms with E-state index in [-0.39, 0.29) is 5.78 Å². The number of Topliss-reactive ketones (excluding diaryl/α,β-unsaturated/α-hetero) is 1. The van der Waals surface area contributed by atoms with E-state index in [0.717, 1.165) is 15.5 Å². The van der Waals surface area contributed by atoms with E-state index in [9.17, 15) is 4.79 Å². The van der Waals surface area contributed by atoms with Crippen molar-refractivity contribution in [3.8, 4) is 0 Å². The number of hydrogen-bond acceptors (Lipinski definition) is 3. The second-order valence-electron chi connectivity index (χ2n) is 3.58. The van der Waals surface area contributed by atoms with Gasteiger partial charge in [0.15, 0.2) is 5.78 Å². The van der Waals surface area contributed by atoms with E-state index in [1.54, 1.807) is 4.68 Å². The molecular formula is C11H12BrN3O. The third kappa shape index (κ3) is 1.76. The van der Waals surface area contributed by atoms with Crippen molar-refractivity contribution in [2.45, 2.75) is 6.42 Å². The maximum atomic E-state index is 11.9. The van der Waals surface area contributed by atoms with E-state index in [1.807, 2.05) is 25.2 Å². The van der Waals surface area contributed by atoms with Crippen LogP contribution in [0, 0.1) is 0 Å². The highest BCUT2D eigenvalue weighted by molar-refractivity contribution is 9.10. The highest BCUT2D eigenvalue weighted by Gasteiger charge is 2.14. The standard InChI is InChI=1S/C11H12BrN3O/c1-15-10-7(9(16)5-6-13)3-2-4-8(10)11(12)14-15/h2-4H,5-6,13H2,1H3. The van der Waals surface area contributed by atoms with Gasteiger partial charge in [0.05, 0.1) is 5.52 Å². The fourth-order valence-electron chi connectivity index (χ4n) is 1.78. The average molecular weight is 282 g/mol. The van der Waals surface area contributed by atoms with Gasteiger partial charge in [-0.2, -0.15) is 5.10 Å². The number of aryl methyl sites for hydroxylation is 1. The summed E-state index contributed by atoms with van der Waals surface area (Å²) in [7, 11) is 1.83. The predicted molar refractivity (Wildman–Crippen MR) is 66.4 cm³/mol. The molecule has 0 amide bonds. The van der Waals surface area contributed by atoms with Gasteiger partial charge < -0.3 is 5.73 Å². The molecule has 5 heteroatoms. The number of benzene rings is 1. The van der Waals surface area contributed by atoms with Crippen molar-refractivity contribution >= 4 is 32.6 Å². The molecule has 0 saturated carbocycles. The molecule has 0 spiro atoms. The molecule has 2 N–H and O–H groups in total. The number of carbonyl (C=O) groups is 1. The number of rotatable bonds is 3. The van der Waals surface area contributed by atoms with Crippen LogP contribution in [0.2, 0.25) is 0 Å². The number of aromatic nitrogens is 2. The van der Waals surface area contributed by atoms with E-state index in [2.05, 4.69) is 21.0 Å². The zero-order valence-electron chi connectivity index (χ0n) is 8.90. The minimum Gasteiger partial charge on any atom is -0.330 e. The van der Waals surface area contributed by atoms with Crippen LogP contribution in [0.3, 0.4) is 0 Å². The maximum Gasteiger partial charge on any atom is 0.166 e. The molecule has 0 unspecified atom stereocenters. The Balaban J connectivity index is 2.66. The first-order valence-electron chi connectivity index (χ1n) is 4.99. The molecule has 0 aliphatic rings. The zero-order chi connectivity index (χ0) is 11.7. The quantitative estimate of drug-likeness (QED) is 0.874. The second kappa shape index (κ2) is 4.35. The maximum absolute atomic E-state index is 11.9. The first-order valence-corrected chi connectivity index (χ1v) is 5.79. The van der Waals surface area contributed by atoms with Crippen molar-refractivity contribution in [3.05, 3.63) is 28.4 Å². The van der Waals surface area contributed by atoms with Crippen LogP contribution in [0.4, 0.5) is 0 Å². The molecule has 1 heterocycles. The number of hydrogen-bond donors (Lipinski definition) is 1. The Morgan fingerprint density at radius 1 is 1.56 bits per heavy atom. The Morgan fingerprint density at radius 2 is 2.31 bits per heavy atom. The van der Waals surface area contributed by atoms with E-state index >= 15 is 0 Å². The predicted octanol–water partition coefficient (Wildman–Crippen LogP) is 1.87. The Bertz CT molecular complexity index is 547. The van der Waals surface area contributed by atoms with Gasteiger partial charge in [-0.3, -0.25) is 9.48 Å². The molecule has 0 atom stereocenters. The lowest BCUT2D eigenvalue weighted by Crippen LogP contribution is -2.09. The summed E-state index contributed by atoms with van der Waals surface area (Å²) in [6.07, 6.45) is 0.363. The summed E-state index contributed by atoms with van der Waals surface area (Å²) in [5, 5.41) is 5.19. The van der Waals surface area contributed by atoms with Crippen LogP contribution in [-0.2, 0) is 7.05 Å². The molecule has 0 saturated heterocycles. The van der Waals surface area contributed by atoms with Gasteiger partial charge in [0.25, 0.3) is 0 Å².